The molecule has 13 heavy (non-hydrogen) atoms. The van der Waals surface area contributed by atoms with Crippen molar-refractivity contribution in [2.75, 3.05) is 0 Å². The van der Waals surface area contributed by atoms with E-state index in [-0.39, 0.29) is 6.04 Å². The van der Waals surface area contributed by atoms with Crippen molar-refractivity contribution in [1.29, 1.82) is 0 Å². The zero-order chi connectivity index (χ0) is 9.75. The van der Waals surface area contributed by atoms with Gasteiger partial charge in [0.25, 0.3) is 0 Å². The van der Waals surface area contributed by atoms with Gasteiger partial charge in [0, 0.05) is 6.04 Å². The van der Waals surface area contributed by atoms with Gasteiger partial charge < -0.3 is 25.7 Å². The number of rotatable bonds is 1. The summed E-state index contributed by atoms with van der Waals surface area (Å²) in [4.78, 5) is 10.7. The van der Waals surface area contributed by atoms with Crippen LogP contribution in [0.5, 0.6) is 0 Å². The van der Waals surface area contributed by atoms with Crippen LogP contribution in [0, 0.1) is 5.92 Å². The van der Waals surface area contributed by atoms with Gasteiger partial charge in [0.1, 0.15) is 12.0 Å². The predicted octanol–water partition coefficient (Wildman–Crippen LogP) is -2.88. The fourth-order valence-corrected chi connectivity index (χ4v) is 1.94. The van der Waals surface area contributed by atoms with Crippen LogP contribution in [0.15, 0.2) is 0 Å². The molecule has 5 N–H and O–H groups in total. The SMILES string of the molecule is O=C(O)[C@@H]1[C@@H](O)[C@H](O)[C@@H](O)[C@@H]2N[C@@H]21. The molecule has 6 heteroatoms. The monoisotopic (exact) mass is 189 g/mol. The van der Waals surface area contributed by atoms with E-state index < -0.39 is 36.2 Å². The highest BCUT2D eigenvalue weighted by atomic mass is 16.4. The third-order valence-corrected chi connectivity index (χ3v) is 2.77. The number of hydrogen-bond donors (Lipinski definition) is 5. The molecule has 0 bridgehead atoms. The molecule has 74 valence electrons. The summed E-state index contributed by atoms with van der Waals surface area (Å²) in [5.74, 6) is -2.18. The first-order valence-corrected chi connectivity index (χ1v) is 4.07. The molecule has 2 aliphatic rings. The van der Waals surface area contributed by atoms with E-state index in [4.69, 9.17) is 5.11 Å². The number of carbonyl (C=O) groups is 1. The minimum absolute atomic E-state index is 0.389. The quantitative estimate of drug-likeness (QED) is 0.283. The summed E-state index contributed by atoms with van der Waals surface area (Å²) in [5, 5.41) is 39.3. The maximum Gasteiger partial charge on any atom is 0.310 e. The Morgan fingerprint density at radius 3 is 2.15 bits per heavy atom. The summed E-state index contributed by atoms with van der Waals surface area (Å²) in [6.07, 6.45) is -3.85. The first kappa shape index (κ1) is 8.89. The second kappa shape index (κ2) is 2.65. The number of aliphatic hydroxyl groups is 3. The Bertz CT molecular complexity index is 245. The summed E-state index contributed by atoms with van der Waals surface area (Å²) in [7, 11) is 0. The van der Waals surface area contributed by atoms with Crippen LogP contribution in [-0.4, -0.2) is 56.8 Å². The summed E-state index contributed by atoms with van der Waals surface area (Å²) in [6, 6.07) is -0.801. The Labute approximate surface area is 73.8 Å². The van der Waals surface area contributed by atoms with Gasteiger partial charge in [-0.2, -0.15) is 0 Å². The van der Waals surface area contributed by atoms with Crippen molar-refractivity contribution in [2.24, 2.45) is 5.92 Å². The molecule has 1 saturated carbocycles. The Morgan fingerprint density at radius 2 is 1.62 bits per heavy atom. The van der Waals surface area contributed by atoms with Gasteiger partial charge in [-0.1, -0.05) is 0 Å². The minimum atomic E-state index is -1.40. The smallest absolute Gasteiger partial charge is 0.310 e. The standard InChI is InChI=1S/C7H11NO5/c9-4-1(7(12)13)2-3(8-2)5(10)6(4)11/h1-6,8-11H,(H,12,13)/t1-,2+,3+,4+,5-,6-/m0/s1. The Balaban J connectivity index is 2.19. The van der Waals surface area contributed by atoms with Crippen molar-refractivity contribution < 1.29 is 25.2 Å². The van der Waals surface area contributed by atoms with Crippen molar-refractivity contribution in [2.45, 2.75) is 30.4 Å². The lowest BCUT2D eigenvalue weighted by molar-refractivity contribution is -0.156. The van der Waals surface area contributed by atoms with E-state index >= 15 is 0 Å². The highest BCUT2D eigenvalue weighted by Gasteiger charge is 2.60. The topological polar surface area (TPSA) is 120 Å². The number of nitrogens with one attached hydrogen (secondary N) is 1. The van der Waals surface area contributed by atoms with Crippen LogP contribution in [0.3, 0.4) is 0 Å². The second-order valence-electron chi connectivity index (χ2n) is 3.55. The van der Waals surface area contributed by atoms with Crippen LogP contribution in [0.25, 0.3) is 0 Å². The van der Waals surface area contributed by atoms with Gasteiger partial charge in [-0.15, -0.1) is 0 Å². The molecule has 0 aromatic heterocycles. The van der Waals surface area contributed by atoms with Gasteiger partial charge in [0.15, 0.2) is 0 Å². The van der Waals surface area contributed by atoms with Crippen molar-refractivity contribution in [3.05, 3.63) is 0 Å². The average Bonchev–Trinajstić information content (AvgIpc) is 2.79. The molecule has 0 aromatic rings. The number of hydrogen-bond acceptors (Lipinski definition) is 5. The number of carboxylic acids is 1. The van der Waals surface area contributed by atoms with Crippen molar-refractivity contribution in [1.82, 2.24) is 5.32 Å². The fraction of sp³-hybridized carbons (Fsp3) is 0.857. The van der Waals surface area contributed by atoms with E-state index in [2.05, 4.69) is 5.32 Å². The maximum absolute atomic E-state index is 10.7. The molecule has 1 aliphatic heterocycles. The van der Waals surface area contributed by atoms with Crippen LogP contribution >= 0.6 is 0 Å². The average molecular weight is 189 g/mol. The number of aliphatic hydroxyl groups excluding tert-OH is 3. The molecule has 1 heterocycles. The molecule has 0 aromatic carbocycles. The van der Waals surface area contributed by atoms with Crippen molar-refractivity contribution in [3.63, 3.8) is 0 Å². The zero-order valence-electron chi connectivity index (χ0n) is 6.66. The van der Waals surface area contributed by atoms with Gasteiger partial charge in [0.05, 0.1) is 18.2 Å². The van der Waals surface area contributed by atoms with Crippen LogP contribution in [0.2, 0.25) is 0 Å². The van der Waals surface area contributed by atoms with Crippen LogP contribution < -0.4 is 5.32 Å². The molecule has 0 amide bonds. The normalized spacial score (nSPS) is 54.1. The molecule has 2 rings (SSSR count). The summed E-state index contributed by atoms with van der Waals surface area (Å²) >= 11 is 0. The predicted molar refractivity (Wildman–Crippen MR) is 39.9 cm³/mol. The van der Waals surface area contributed by atoms with Crippen LogP contribution in [0.4, 0.5) is 0 Å². The van der Waals surface area contributed by atoms with Crippen molar-refractivity contribution >= 4 is 5.97 Å². The van der Waals surface area contributed by atoms with Gasteiger partial charge in [0.2, 0.25) is 0 Å². The Kier molecular flexibility index (Phi) is 1.81. The van der Waals surface area contributed by atoms with E-state index in [9.17, 15) is 20.1 Å². The van der Waals surface area contributed by atoms with Crippen LogP contribution in [0.1, 0.15) is 0 Å². The van der Waals surface area contributed by atoms with Gasteiger partial charge in [-0.05, 0) is 0 Å². The molecule has 0 spiro atoms. The highest BCUT2D eigenvalue weighted by molar-refractivity contribution is 5.73. The summed E-state index contributed by atoms with van der Waals surface area (Å²) in [5.41, 5.74) is 0. The third kappa shape index (κ3) is 1.14. The molecule has 0 unspecified atom stereocenters. The molecule has 6 atom stereocenters. The van der Waals surface area contributed by atoms with E-state index in [1.54, 1.807) is 0 Å². The lowest BCUT2D eigenvalue weighted by Gasteiger charge is -2.30. The van der Waals surface area contributed by atoms with Gasteiger partial charge >= 0.3 is 5.97 Å². The largest absolute Gasteiger partial charge is 0.481 e. The molecule has 2 fully saturated rings. The number of fused-ring (bicyclic) bond motifs is 1. The van der Waals surface area contributed by atoms with E-state index in [0.717, 1.165) is 0 Å². The Morgan fingerprint density at radius 1 is 1.00 bits per heavy atom. The van der Waals surface area contributed by atoms with Crippen LogP contribution in [-0.2, 0) is 4.79 Å². The fourth-order valence-electron chi connectivity index (χ4n) is 1.94. The highest BCUT2D eigenvalue weighted by Crippen LogP contribution is 2.34. The second-order valence-corrected chi connectivity index (χ2v) is 3.55. The molecular weight excluding hydrogens is 178 g/mol. The summed E-state index contributed by atoms with van der Waals surface area (Å²) in [6.45, 7) is 0. The summed E-state index contributed by atoms with van der Waals surface area (Å²) < 4.78 is 0. The molecular formula is C7H11NO5. The first-order chi connectivity index (χ1) is 6.04. The maximum atomic E-state index is 10.7. The molecule has 0 radical (unpaired) electrons. The Hall–Kier alpha value is -0.690. The number of aliphatic carboxylic acids is 1. The number of carboxylic acid groups (broad SMARTS) is 1. The minimum Gasteiger partial charge on any atom is -0.481 e. The zero-order valence-corrected chi connectivity index (χ0v) is 6.66. The first-order valence-electron chi connectivity index (χ1n) is 4.07. The molecule has 1 saturated heterocycles. The van der Waals surface area contributed by atoms with Gasteiger partial charge in [-0.25, -0.2) is 0 Å². The third-order valence-electron chi connectivity index (χ3n) is 2.77. The van der Waals surface area contributed by atoms with E-state index in [1.807, 2.05) is 0 Å². The molecule has 6 nitrogen and oxygen atoms in total. The van der Waals surface area contributed by atoms with Gasteiger partial charge in [-0.3, -0.25) is 4.79 Å². The lowest BCUT2D eigenvalue weighted by atomic mass is 9.83. The van der Waals surface area contributed by atoms with E-state index in [0.29, 0.717) is 0 Å². The van der Waals surface area contributed by atoms with E-state index in [1.165, 1.54) is 0 Å². The lowest BCUT2D eigenvalue weighted by Crippen LogP contribution is -2.53. The molecule has 1 aliphatic carbocycles. The van der Waals surface area contributed by atoms with Crippen molar-refractivity contribution in [3.8, 4) is 0 Å².